The molecule has 2 atom stereocenters. The molecule has 3 heterocycles. The van der Waals surface area contributed by atoms with Crippen molar-refractivity contribution in [2.75, 3.05) is 38.1 Å². The molecule has 10 nitrogen and oxygen atoms in total. The van der Waals surface area contributed by atoms with E-state index < -0.39 is 23.2 Å². The van der Waals surface area contributed by atoms with Gasteiger partial charge in [-0.2, -0.15) is 0 Å². The Labute approximate surface area is 273 Å². The van der Waals surface area contributed by atoms with Crippen LogP contribution in [0, 0.1) is 0 Å². The first kappa shape index (κ1) is 33.3. The number of nitrogens with one attached hydrogen (secondary N) is 1. The van der Waals surface area contributed by atoms with Crippen LogP contribution in [0.4, 0.5) is 15.3 Å². The largest absolute Gasteiger partial charge is 0.444 e. The van der Waals surface area contributed by atoms with Crippen LogP contribution < -0.4 is 10.2 Å². The van der Waals surface area contributed by atoms with E-state index in [1.807, 2.05) is 99.0 Å². The minimum Gasteiger partial charge on any atom is -0.444 e. The predicted octanol–water partition coefficient (Wildman–Crippen LogP) is 4.95. The van der Waals surface area contributed by atoms with Gasteiger partial charge in [0.25, 0.3) is 0 Å². The summed E-state index contributed by atoms with van der Waals surface area (Å²) in [5.41, 5.74) is 1.93. The number of hydrogen-bond acceptors (Lipinski definition) is 5. The lowest BCUT2D eigenvalue weighted by molar-refractivity contribution is -0.134. The van der Waals surface area contributed by atoms with Gasteiger partial charge in [-0.15, -0.1) is 0 Å². The van der Waals surface area contributed by atoms with Gasteiger partial charge < -0.3 is 29.7 Å². The highest BCUT2D eigenvalue weighted by atomic mass is 16.6. The third kappa shape index (κ3) is 7.16. The van der Waals surface area contributed by atoms with E-state index in [4.69, 9.17) is 4.74 Å². The normalized spacial score (nSPS) is 20.3. The van der Waals surface area contributed by atoms with E-state index in [2.05, 4.69) is 5.32 Å². The number of benzene rings is 2. The Morgan fingerprint density at radius 3 is 2.26 bits per heavy atom. The highest BCUT2D eigenvalue weighted by Crippen LogP contribution is 2.43. The van der Waals surface area contributed by atoms with E-state index in [1.54, 1.807) is 16.8 Å². The van der Waals surface area contributed by atoms with Crippen molar-refractivity contribution in [2.24, 2.45) is 0 Å². The number of nitrogens with zero attached hydrogens (tertiary/aromatic N) is 4. The highest BCUT2D eigenvalue weighted by molar-refractivity contribution is 6.08. The molecule has 1 N–H and O–H groups in total. The number of rotatable bonds is 7. The molecule has 46 heavy (non-hydrogen) atoms. The first-order valence-electron chi connectivity index (χ1n) is 16.5. The number of amides is 5. The molecule has 5 rings (SSSR count). The van der Waals surface area contributed by atoms with Gasteiger partial charge in [0.15, 0.2) is 0 Å². The van der Waals surface area contributed by atoms with Gasteiger partial charge in [0.2, 0.25) is 11.8 Å². The lowest BCUT2D eigenvalue weighted by atomic mass is 9.86. The Balaban J connectivity index is 1.23. The molecule has 0 spiro atoms. The van der Waals surface area contributed by atoms with Crippen molar-refractivity contribution < 1.29 is 23.9 Å². The maximum Gasteiger partial charge on any atom is 0.410 e. The number of hydrogen-bond donors (Lipinski definition) is 1. The molecule has 2 saturated heterocycles. The molecule has 2 fully saturated rings. The lowest BCUT2D eigenvalue weighted by Crippen LogP contribution is -2.55. The summed E-state index contributed by atoms with van der Waals surface area (Å²) in [5, 5.41) is 3.05. The molecule has 2 aromatic carbocycles. The second kappa shape index (κ2) is 13.3. The monoisotopic (exact) mass is 631 g/mol. The van der Waals surface area contributed by atoms with Crippen molar-refractivity contribution in [2.45, 2.75) is 95.9 Å². The Bertz CT molecular complexity index is 1430. The van der Waals surface area contributed by atoms with Crippen LogP contribution in [0.3, 0.4) is 0 Å². The molecular formula is C36H49N5O5. The Hall–Kier alpha value is -4.08. The van der Waals surface area contributed by atoms with Crippen molar-refractivity contribution in [1.29, 1.82) is 0 Å². The second-order valence-electron chi connectivity index (χ2n) is 14.4. The summed E-state index contributed by atoms with van der Waals surface area (Å²) in [6.07, 6.45) is 2.68. The number of likely N-dealkylation sites (tertiary alicyclic amines) is 2. The van der Waals surface area contributed by atoms with E-state index in [0.717, 1.165) is 16.8 Å². The Kier molecular flexibility index (Phi) is 9.65. The van der Waals surface area contributed by atoms with Crippen molar-refractivity contribution in [3.05, 3.63) is 65.7 Å². The summed E-state index contributed by atoms with van der Waals surface area (Å²) in [6, 6.07) is 16.8. The minimum absolute atomic E-state index is 0.0142. The molecule has 3 aliphatic heterocycles. The molecule has 0 aromatic heterocycles. The van der Waals surface area contributed by atoms with Crippen LogP contribution in [0.2, 0.25) is 0 Å². The fraction of sp³-hybridized carbons (Fsp3) is 0.556. The number of para-hydroxylation sites is 1. The first-order valence-corrected chi connectivity index (χ1v) is 16.5. The second-order valence-corrected chi connectivity index (χ2v) is 14.4. The summed E-state index contributed by atoms with van der Waals surface area (Å²) in [5.74, 6) is 0.00513. The SMILES string of the molecule is CN(C(=O)OC(C)(C)C)C1CCN(C(=O)NC(CCc2ccccc2)C(=O)N2CCC(N3C(=O)C(C)(C)c4ccccc43)CC2)C1. The average molecular weight is 632 g/mol. The molecule has 5 amide bonds. The molecule has 0 aliphatic carbocycles. The maximum atomic E-state index is 14.0. The third-order valence-corrected chi connectivity index (χ3v) is 9.57. The van der Waals surface area contributed by atoms with E-state index in [9.17, 15) is 19.2 Å². The van der Waals surface area contributed by atoms with Crippen LogP contribution in [0.1, 0.15) is 71.4 Å². The van der Waals surface area contributed by atoms with Gasteiger partial charge in [-0.1, -0.05) is 48.5 Å². The number of anilines is 1. The number of fused-ring (bicyclic) bond motifs is 1. The molecular weight excluding hydrogens is 582 g/mol. The number of carbonyl (C=O) groups is 4. The number of aryl methyl sites for hydroxylation is 1. The molecule has 2 aromatic rings. The standard InChI is InChI=1S/C36H49N5O5/c1-35(2,3)46-34(45)38(6)27-20-23-40(24-27)33(44)37-29(17-16-25-12-8-7-9-13-25)31(42)39-21-18-26(19-22-39)41-30-15-11-10-14-28(30)36(4,5)32(41)43/h7-15,26-27,29H,16-24H2,1-6H3,(H,37,44). The zero-order valence-electron chi connectivity index (χ0n) is 28.1. The van der Waals surface area contributed by atoms with Crippen LogP contribution >= 0.6 is 0 Å². The minimum atomic E-state index is -0.694. The first-order chi connectivity index (χ1) is 21.8. The van der Waals surface area contributed by atoms with Crippen LogP contribution in [0.25, 0.3) is 0 Å². The smallest absolute Gasteiger partial charge is 0.410 e. The Morgan fingerprint density at radius 1 is 0.957 bits per heavy atom. The van der Waals surface area contributed by atoms with E-state index in [-0.39, 0.29) is 29.9 Å². The summed E-state index contributed by atoms with van der Waals surface area (Å²) < 4.78 is 5.51. The molecule has 3 aliphatic rings. The van der Waals surface area contributed by atoms with Crippen molar-refractivity contribution >= 4 is 29.6 Å². The van der Waals surface area contributed by atoms with Gasteiger partial charge in [-0.3, -0.25) is 9.59 Å². The summed E-state index contributed by atoms with van der Waals surface area (Å²) in [4.78, 5) is 60.7. The third-order valence-electron chi connectivity index (χ3n) is 9.57. The number of carbonyl (C=O) groups excluding carboxylic acids is 4. The van der Waals surface area contributed by atoms with Crippen LogP contribution in [0.15, 0.2) is 54.6 Å². The van der Waals surface area contributed by atoms with Crippen molar-refractivity contribution in [3.8, 4) is 0 Å². The average Bonchev–Trinajstić information content (AvgIpc) is 3.60. The summed E-state index contributed by atoms with van der Waals surface area (Å²) in [6.45, 7) is 11.3. The van der Waals surface area contributed by atoms with Crippen LogP contribution in [-0.2, 0) is 26.2 Å². The molecule has 0 radical (unpaired) electrons. The van der Waals surface area contributed by atoms with E-state index in [1.165, 1.54) is 0 Å². The number of likely N-dealkylation sites (N-methyl/N-ethyl adjacent to an activating group) is 1. The summed E-state index contributed by atoms with van der Waals surface area (Å²) in [7, 11) is 1.70. The van der Waals surface area contributed by atoms with Crippen LogP contribution in [-0.4, -0.2) is 95.6 Å². The number of ether oxygens (including phenoxy) is 1. The molecule has 248 valence electrons. The van der Waals surface area contributed by atoms with Crippen molar-refractivity contribution in [1.82, 2.24) is 20.0 Å². The van der Waals surface area contributed by atoms with Gasteiger partial charge in [0.1, 0.15) is 11.6 Å². The van der Waals surface area contributed by atoms with E-state index >= 15 is 0 Å². The fourth-order valence-electron chi connectivity index (χ4n) is 6.84. The number of urea groups is 1. The van der Waals surface area contributed by atoms with Crippen LogP contribution in [0.5, 0.6) is 0 Å². The van der Waals surface area contributed by atoms with Gasteiger partial charge in [-0.25, -0.2) is 9.59 Å². The van der Waals surface area contributed by atoms with Gasteiger partial charge in [0, 0.05) is 45.0 Å². The number of piperidine rings is 1. The molecule has 10 heteroatoms. The quantitative estimate of drug-likeness (QED) is 0.466. The molecule has 2 unspecified atom stereocenters. The summed E-state index contributed by atoms with van der Waals surface area (Å²) >= 11 is 0. The topological polar surface area (TPSA) is 102 Å². The lowest BCUT2D eigenvalue weighted by Gasteiger charge is -2.39. The van der Waals surface area contributed by atoms with Gasteiger partial charge in [-0.05, 0) is 83.9 Å². The van der Waals surface area contributed by atoms with Crippen molar-refractivity contribution in [3.63, 3.8) is 0 Å². The van der Waals surface area contributed by atoms with Gasteiger partial charge >= 0.3 is 12.1 Å². The predicted molar refractivity (Wildman–Crippen MR) is 178 cm³/mol. The molecule has 0 bridgehead atoms. The zero-order chi connectivity index (χ0) is 33.2. The van der Waals surface area contributed by atoms with E-state index in [0.29, 0.717) is 58.3 Å². The molecule has 0 saturated carbocycles. The van der Waals surface area contributed by atoms with Gasteiger partial charge in [0.05, 0.1) is 11.5 Å². The fourth-order valence-corrected chi connectivity index (χ4v) is 6.84. The zero-order valence-corrected chi connectivity index (χ0v) is 28.1. The maximum absolute atomic E-state index is 14.0. The Morgan fingerprint density at radius 2 is 1.59 bits per heavy atom. The highest BCUT2D eigenvalue weighted by Gasteiger charge is 2.47.